The number of amides is 2. The second-order valence-corrected chi connectivity index (χ2v) is 5.60. The summed E-state index contributed by atoms with van der Waals surface area (Å²) in [5, 5.41) is 2.73. The van der Waals surface area contributed by atoms with Crippen LogP contribution in [0.5, 0.6) is 0 Å². The molecule has 21 heavy (non-hydrogen) atoms. The predicted molar refractivity (Wildman–Crippen MR) is 85.3 cm³/mol. The van der Waals surface area contributed by atoms with E-state index in [1.807, 2.05) is 36.4 Å². The molecule has 0 aliphatic heterocycles. The lowest BCUT2D eigenvalue weighted by Gasteiger charge is -2.05. The van der Waals surface area contributed by atoms with Crippen LogP contribution in [0.15, 0.2) is 53.4 Å². The van der Waals surface area contributed by atoms with Gasteiger partial charge in [0.2, 0.25) is 11.8 Å². The first-order valence-electron chi connectivity index (χ1n) is 6.44. The number of thioether (sulfide) groups is 1. The molecule has 0 spiro atoms. The molecule has 0 aromatic heterocycles. The molecule has 2 aromatic carbocycles. The Balaban J connectivity index is 1.93. The molecule has 0 fully saturated rings. The van der Waals surface area contributed by atoms with Gasteiger partial charge in [0.25, 0.3) is 0 Å². The van der Waals surface area contributed by atoms with Crippen LogP contribution in [0.2, 0.25) is 0 Å². The molecule has 0 aliphatic rings. The van der Waals surface area contributed by atoms with E-state index in [-0.39, 0.29) is 5.91 Å². The Morgan fingerprint density at radius 1 is 1.05 bits per heavy atom. The van der Waals surface area contributed by atoms with Gasteiger partial charge in [-0.15, -0.1) is 11.8 Å². The Morgan fingerprint density at radius 2 is 1.67 bits per heavy atom. The summed E-state index contributed by atoms with van der Waals surface area (Å²) in [5.41, 5.74) is 7.63. The van der Waals surface area contributed by atoms with Crippen molar-refractivity contribution in [2.24, 2.45) is 5.73 Å². The van der Waals surface area contributed by atoms with Crippen LogP contribution in [-0.2, 0) is 10.5 Å². The first-order chi connectivity index (χ1) is 10.0. The van der Waals surface area contributed by atoms with Crippen molar-refractivity contribution >= 4 is 29.3 Å². The third-order valence-corrected chi connectivity index (χ3v) is 3.90. The first kappa shape index (κ1) is 15.1. The molecule has 2 amide bonds. The number of benzene rings is 2. The minimum Gasteiger partial charge on any atom is -0.366 e. The fraction of sp³-hybridized carbons (Fsp3) is 0.125. The summed E-state index contributed by atoms with van der Waals surface area (Å²) in [5.74, 6) is 0.311. The Bertz CT molecular complexity index is 636. The predicted octanol–water partition coefficient (Wildman–Crippen LogP) is 3.04. The molecular formula is C16H16N2O2S. The number of nitrogens with one attached hydrogen (secondary N) is 1. The van der Waals surface area contributed by atoms with Gasteiger partial charge in [-0.2, -0.15) is 0 Å². The maximum absolute atomic E-state index is 11.0. The van der Waals surface area contributed by atoms with Crippen LogP contribution in [-0.4, -0.2) is 11.8 Å². The van der Waals surface area contributed by atoms with Gasteiger partial charge in [0.1, 0.15) is 0 Å². The molecule has 0 unspecified atom stereocenters. The van der Waals surface area contributed by atoms with Gasteiger partial charge in [0, 0.05) is 28.8 Å². The molecule has 2 rings (SSSR count). The molecule has 108 valence electrons. The zero-order valence-corrected chi connectivity index (χ0v) is 12.4. The average molecular weight is 300 g/mol. The van der Waals surface area contributed by atoms with Crippen molar-refractivity contribution in [2.45, 2.75) is 17.6 Å². The topological polar surface area (TPSA) is 72.2 Å². The largest absolute Gasteiger partial charge is 0.366 e. The summed E-state index contributed by atoms with van der Waals surface area (Å²) in [6.45, 7) is 1.48. The lowest BCUT2D eigenvalue weighted by molar-refractivity contribution is -0.114. The van der Waals surface area contributed by atoms with Gasteiger partial charge in [-0.1, -0.05) is 12.1 Å². The van der Waals surface area contributed by atoms with E-state index in [4.69, 9.17) is 5.73 Å². The van der Waals surface area contributed by atoms with Crippen LogP contribution >= 0.6 is 11.8 Å². The molecule has 0 saturated carbocycles. The van der Waals surface area contributed by atoms with Gasteiger partial charge in [0.15, 0.2) is 0 Å². The smallest absolute Gasteiger partial charge is 0.248 e. The molecule has 0 saturated heterocycles. The van der Waals surface area contributed by atoms with Gasteiger partial charge in [-0.25, -0.2) is 0 Å². The van der Waals surface area contributed by atoms with E-state index in [2.05, 4.69) is 5.32 Å². The number of rotatable bonds is 5. The maximum Gasteiger partial charge on any atom is 0.248 e. The third kappa shape index (κ3) is 4.65. The van der Waals surface area contributed by atoms with Gasteiger partial charge in [0.05, 0.1) is 0 Å². The lowest BCUT2D eigenvalue weighted by Crippen LogP contribution is -2.10. The highest BCUT2D eigenvalue weighted by molar-refractivity contribution is 7.98. The number of hydrogen-bond donors (Lipinski definition) is 2. The van der Waals surface area contributed by atoms with Crippen molar-refractivity contribution in [3.05, 3.63) is 59.7 Å². The van der Waals surface area contributed by atoms with Crippen LogP contribution in [0.25, 0.3) is 0 Å². The van der Waals surface area contributed by atoms with Gasteiger partial charge in [-0.05, 0) is 42.0 Å². The van der Waals surface area contributed by atoms with Crippen molar-refractivity contribution < 1.29 is 9.59 Å². The van der Waals surface area contributed by atoms with Gasteiger partial charge in [-0.3, -0.25) is 9.59 Å². The lowest BCUT2D eigenvalue weighted by atomic mass is 10.1. The second kappa shape index (κ2) is 6.95. The highest BCUT2D eigenvalue weighted by Gasteiger charge is 2.01. The zero-order valence-electron chi connectivity index (χ0n) is 11.6. The fourth-order valence-corrected chi connectivity index (χ4v) is 2.62. The molecule has 0 aliphatic carbocycles. The van der Waals surface area contributed by atoms with E-state index in [1.165, 1.54) is 6.92 Å². The number of hydrogen-bond acceptors (Lipinski definition) is 3. The summed E-state index contributed by atoms with van der Waals surface area (Å²) in [6.07, 6.45) is 0. The molecule has 4 nitrogen and oxygen atoms in total. The number of primary amides is 1. The van der Waals surface area contributed by atoms with Gasteiger partial charge >= 0.3 is 0 Å². The molecule has 5 heteroatoms. The molecule has 0 bridgehead atoms. The number of anilines is 1. The Labute approximate surface area is 127 Å². The minimum absolute atomic E-state index is 0.0788. The van der Waals surface area contributed by atoms with Crippen LogP contribution < -0.4 is 11.1 Å². The standard InChI is InChI=1S/C16H16N2O2S/c1-11(19)18-14-6-8-15(9-7-14)21-10-12-2-4-13(5-3-12)16(17)20/h2-9H,10H2,1H3,(H2,17,20)(H,18,19). The first-order valence-corrected chi connectivity index (χ1v) is 7.42. The monoisotopic (exact) mass is 300 g/mol. The SMILES string of the molecule is CC(=O)Nc1ccc(SCc2ccc(C(N)=O)cc2)cc1. The minimum atomic E-state index is -0.414. The average Bonchev–Trinajstić information content (AvgIpc) is 2.46. The van der Waals surface area contributed by atoms with Gasteiger partial charge < -0.3 is 11.1 Å². The molecule has 3 N–H and O–H groups in total. The third-order valence-electron chi connectivity index (χ3n) is 2.82. The van der Waals surface area contributed by atoms with Crippen LogP contribution in [0.4, 0.5) is 5.69 Å². The van der Waals surface area contributed by atoms with E-state index in [1.54, 1.807) is 23.9 Å². The quantitative estimate of drug-likeness (QED) is 0.834. The molecule has 0 heterocycles. The zero-order chi connectivity index (χ0) is 15.2. The molecule has 0 atom stereocenters. The van der Waals surface area contributed by atoms with E-state index in [0.29, 0.717) is 5.56 Å². The van der Waals surface area contributed by atoms with Crippen LogP contribution in [0, 0.1) is 0 Å². The normalized spacial score (nSPS) is 10.1. The fourth-order valence-electron chi connectivity index (χ4n) is 1.77. The van der Waals surface area contributed by atoms with Crippen molar-refractivity contribution in [3.8, 4) is 0 Å². The van der Waals surface area contributed by atoms with Crippen molar-refractivity contribution in [2.75, 3.05) is 5.32 Å². The van der Waals surface area contributed by atoms with E-state index >= 15 is 0 Å². The Kier molecular flexibility index (Phi) is 5.00. The van der Waals surface area contributed by atoms with Crippen LogP contribution in [0.1, 0.15) is 22.8 Å². The summed E-state index contributed by atoms with van der Waals surface area (Å²) < 4.78 is 0. The van der Waals surface area contributed by atoms with E-state index < -0.39 is 5.91 Å². The van der Waals surface area contributed by atoms with E-state index in [9.17, 15) is 9.59 Å². The summed E-state index contributed by atoms with van der Waals surface area (Å²) in [7, 11) is 0. The molecule has 2 aromatic rings. The highest BCUT2D eigenvalue weighted by Crippen LogP contribution is 2.24. The summed E-state index contributed by atoms with van der Waals surface area (Å²) in [6, 6.07) is 15.0. The number of carbonyl (C=O) groups is 2. The van der Waals surface area contributed by atoms with Crippen LogP contribution in [0.3, 0.4) is 0 Å². The summed E-state index contributed by atoms with van der Waals surface area (Å²) in [4.78, 5) is 23.0. The molecule has 0 radical (unpaired) electrons. The Hall–Kier alpha value is -2.27. The van der Waals surface area contributed by atoms with E-state index in [0.717, 1.165) is 21.9 Å². The van der Waals surface area contributed by atoms with Crippen molar-refractivity contribution in [1.82, 2.24) is 0 Å². The van der Waals surface area contributed by atoms with Crippen molar-refractivity contribution in [3.63, 3.8) is 0 Å². The second-order valence-electron chi connectivity index (χ2n) is 4.56. The summed E-state index contributed by atoms with van der Waals surface area (Å²) >= 11 is 1.69. The molecular weight excluding hydrogens is 284 g/mol. The number of nitrogens with two attached hydrogens (primary N) is 1. The maximum atomic E-state index is 11.0. The number of carbonyl (C=O) groups excluding carboxylic acids is 2. The Morgan fingerprint density at radius 3 is 2.19 bits per heavy atom. The van der Waals surface area contributed by atoms with Crippen molar-refractivity contribution in [1.29, 1.82) is 0 Å². The highest BCUT2D eigenvalue weighted by atomic mass is 32.2.